The normalized spacial score (nSPS) is 12.6. The van der Waals surface area contributed by atoms with Crippen LogP contribution < -0.4 is 20.1 Å². The molecular formula is C26H30N2O7. The SMILES string of the molecule is COc1cc(OC)cc(C(=O)N[C@@H](C(=O)OCC(=O)N[C@@H](C)c2cc3ccccc3o2)C(C)C)c1. The molecule has 0 fully saturated rings. The third-order valence-corrected chi connectivity index (χ3v) is 5.42. The molecule has 0 aliphatic carbocycles. The van der Waals surface area contributed by atoms with Crippen LogP contribution in [0.4, 0.5) is 0 Å². The molecule has 186 valence electrons. The number of methoxy groups -OCH3 is 2. The number of esters is 1. The lowest BCUT2D eigenvalue weighted by atomic mass is 10.0. The van der Waals surface area contributed by atoms with Gasteiger partial charge in [0.25, 0.3) is 11.8 Å². The maximum absolute atomic E-state index is 12.8. The molecule has 0 saturated heterocycles. The minimum absolute atomic E-state index is 0.261. The Balaban J connectivity index is 1.58. The number of hydrogen-bond acceptors (Lipinski definition) is 7. The van der Waals surface area contributed by atoms with Crippen LogP contribution in [-0.4, -0.2) is 44.7 Å². The van der Waals surface area contributed by atoms with Crippen LogP contribution in [0, 0.1) is 5.92 Å². The van der Waals surface area contributed by atoms with E-state index in [1.54, 1.807) is 26.8 Å². The molecule has 9 heteroatoms. The quantitative estimate of drug-likeness (QED) is 0.424. The average Bonchev–Trinajstić information content (AvgIpc) is 3.29. The number of para-hydroxylation sites is 1. The van der Waals surface area contributed by atoms with Crippen molar-refractivity contribution in [3.05, 3.63) is 59.9 Å². The second-order valence-corrected chi connectivity index (χ2v) is 8.38. The van der Waals surface area contributed by atoms with E-state index in [4.69, 9.17) is 18.6 Å². The second kappa shape index (κ2) is 11.4. The summed E-state index contributed by atoms with van der Waals surface area (Å²) in [5, 5.41) is 6.35. The number of carbonyl (C=O) groups excluding carboxylic acids is 3. The van der Waals surface area contributed by atoms with Gasteiger partial charge >= 0.3 is 5.97 Å². The van der Waals surface area contributed by atoms with Crippen LogP contribution in [0.1, 0.15) is 42.9 Å². The van der Waals surface area contributed by atoms with Crippen LogP contribution in [0.3, 0.4) is 0 Å². The number of benzene rings is 2. The summed E-state index contributed by atoms with van der Waals surface area (Å²) in [7, 11) is 2.95. The summed E-state index contributed by atoms with van der Waals surface area (Å²) >= 11 is 0. The molecule has 0 bridgehead atoms. The summed E-state index contributed by atoms with van der Waals surface area (Å²) < 4.78 is 21.3. The molecule has 0 spiro atoms. The van der Waals surface area contributed by atoms with Crippen molar-refractivity contribution < 1.29 is 33.0 Å². The van der Waals surface area contributed by atoms with Gasteiger partial charge in [-0.05, 0) is 37.1 Å². The van der Waals surface area contributed by atoms with Gasteiger partial charge in [0.05, 0.1) is 20.3 Å². The average molecular weight is 483 g/mol. The van der Waals surface area contributed by atoms with Gasteiger partial charge in [0.15, 0.2) is 6.61 Å². The van der Waals surface area contributed by atoms with Gasteiger partial charge in [-0.3, -0.25) is 9.59 Å². The van der Waals surface area contributed by atoms with Crippen molar-refractivity contribution in [1.29, 1.82) is 0 Å². The smallest absolute Gasteiger partial charge is 0.329 e. The second-order valence-electron chi connectivity index (χ2n) is 8.38. The van der Waals surface area contributed by atoms with Crippen molar-refractivity contribution in [3.63, 3.8) is 0 Å². The van der Waals surface area contributed by atoms with Crippen molar-refractivity contribution in [2.45, 2.75) is 32.9 Å². The Bertz CT molecular complexity index is 1150. The third-order valence-electron chi connectivity index (χ3n) is 5.42. The number of carbonyl (C=O) groups is 3. The molecule has 0 saturated carbocycles. The van der Waals surface area contributed by atoms with Gasteiger partial charge in [0.1, 0.15) is 28.9 Å². The predicted octanol–water partition coefficient (Wildman–Crippen LogP) is 3.63. The molecule has 2 amide bonds. The number of fused-ring (bicyclic) bond motifs is 1. The van der Waals surface area contributed by atoms with Crippen molar-refractivity contribution >= 4 is 28.8 Å². The van der Waals surface area contributed by atoms with E-state index in [0.717, 1.165) is 11.0 Å². The minimum atomic E-state index is -0.958. The highest BCUT2D eigenvalue weighted by Crippen LogP contribution is 2.24. The van der Waals surface area contributed by atoms with Gasteiger partial charge in [-0.2, -0.15) is 0 Å². The fourth-order valence-electron chi connectivity index (χ4n) is 3.46. The number of hydrogen-bond donors (Lipinski definition) is 2. The van der Waals surface area contributed by atoms with Gasteiger partial charge in [0.2, 0.25) is 0 Å². The highest BCUT2D eigenvalue weighted by molar-refractivity contribution is 5.97. The van der Waals surface area contributed by atoms with Crippen LogP contribution in [0.15, 0.2) is 52.9 Å². The maximum atomic E-state index is 12.8. The van der Waals surface area contributed by atoms with Gasteiger partial charge in [-0.15, -0.1) is 0 Å². The van der Waals surface area contributed by atoms with E-state index in [2.05, 4.69) is 10.6 Å². The molecule has 2 aromatic carbocycles. The van der Waals surface area contributed by atoms with Crippen LogP contribution >= 0.6 is 0 Å². The van der Waals surface area contributed by atoms with Crippen LogP contribution in [-0.2, 0) is 14.3 Å². The summed E-state index contributed by atoms with van der Waals surface area (Å²) in [5.74, 6) is -0.515. The van der Waals surface area contributed by atoms with Crippen molar-refractivity contribution in [1.82, 2.24) is 10.6 Å². The van der Waals surface area contributed by atoms with Crippen LogP contribution in [0.5, 0.6) is 11.5 Å². The lowest BCUT2D eigenvalue weighted by molar-refractivity contribution is -0.151. The Kier molecular flexibility index (Phi) is 8.35. The van der Waals surface area contributed by atoms with E-state index in [0.29, 0.717) is 17.3 Å². The standard InChI is InChI=1S/C26H30N2O7/c1-15(2)24(28-25(30)18-10-19(32-4)13-20(11-18)33-5)26(31)34-14-23(29)27-16(3)22-12-17-8-6-7-9-21(17)35-22/h6-13,15-16,24H,14H2,1-5H3,(H,27,29)(H,28,30)/t16-,24+/m0/s1. The van der Waals surface area contributed by atoms with E-state index < -0.39 is 36.5 Å². The number of nitrogens with one attached hydrogen (secondary N) is 2. The van der Waals surface area contributed by atoms with Gasteiger partial charge in [0, 0.05) is 17.0 Å². The molecule has 0 radical (unpaired) electrons. The topological polar surface area (TPSA) is 116 Å². The minimum Gasteiger partial charge on any atom is -0.497 e. The Morgan fingerprint density at radius 3 is 2.17 bits per heavy atom. The summed E-state index contributed by atoms with van der Waals surface area (Å²) in [4.78, 5) is 37.9. The molecule has 2 N–H and O–H groups in total. The lowest BCUT2D eigenvalue weighted by Crippen LogP contribution is -2.46. The Labute approximate surface area is 203 Å². The zero-order chi connectivity index (χ0) is 25.5. The fourth-order valence-corrected chi connectivity index (χ4v) is 3.46. The summed E-state index contributed by atoms with van der Waals surface area (Å²) in [5.41, 5.74) is 0.983. The largest absolute Gasteiger partial charge is 0.497 e. The van der Waals surface area contributed by atoms with E-state index >= 15 is 0 Å². The molecule has 2 atom stereocenters. The van der Waals surface area contributed by atoms with Gasteiger partial charge in [-0.1, -0.05) is 32.0 Å². The molecule has 9 nitrogen and oxygen atoms in total. The highest BCUT2D eigenvalue weighted by atomic mass is 16.5. The predicted molar refractivity (Wildman–Crippen MR) is 129 cm³/mol. The molecule has 3 aromatic rings. The fraction of sp³-hybridized carbons (Fsp3) is 0.346. The van der Waals surface area contributed by atoms with Crippen molar-refractivity contribution in [2.24, 2.45) is 5.92 Å². The Morgan fingerprint density at radius 2 is 1.57 bits per heavy atom. The van der Waals surface area contributed by atoms with Crippen LogP contribution in [0.2, 0.25) is 0 Å². The first kappa shape index (κ1) is 25.6. The molecular weight excluding hydrogens is 452 g/mol. The van der Waals surface area contributed by atoms with Crippen molar-refractivity contribution in [2.75, 3.05) is 20.8 Å². The molecule has 35 heavy (non-hydrogen) atoms. The van der Waals surface area contributed by atoms with E-state index in [1.165, 1.54) is 26.4 Å². The number of furan rings is 1. The summed E-state index contributed by atoms with van der Waals surface area (Å²) in [6, 6.07) is 12.7. The zero-order valence-electron chi connectivity index (χ0n) is 20.4. The first-order valence-electron chi connectivity index (χ1n) is 11.2. The zero-order valence-corrected chi connectivity index (χ0v) is 20.4. The lowest BCUT2D eigenvalue weighted by Gasteiger charge is -2.21. The van der Waals surface area contributed by atoms with E-state index in [9.17, 15) is 14.4 Å². The van der Waals surface area contributed by atoms with Gasteiger partial charge < -0.3 is 29.3 Å². The van der Waals surface area contributed by atoms with Crippen LogP contribution in [0.25, 0.3) is 11.0 Å². The molecule has 0 aliphatic heterocycles. The first-order valence-corrected chi connectivity index (χ1v) is 11.2. The molecule has 1 aromatic heterocycles. The number of rotatable bonds is 10. The van der Waals surface area contributed by atoms with Crippen molar-refractivity contribution in [3.8, 4) is 11.5 Å². The van der Waals surface area contributed by atoms with E-state index in [1.807, 2.05) is 30.3 Å². The monoisotopic (exact) mass is 482 g/mol. The number of amides is 2. The molecule has 0 unspecified atom stereocenters. The maximum Gasteiger partial charge on any atom is 0.329 e. The first-order chi connectivity index (χ1) is 16.7. The highest BCUT2D eigenvalue weighted by Gasteiger charge is 2.27. The Morgan fingerprint density at radius 1 is 0.914 bits per heavy atom. The molecule has 1 heterocycles. The molecule has 3 rings (SSSR count). The number of ether oxygens (including phenoxy) is 3. The summed E-state index contributed by atoms with van der Waals surface area (Å²) in [6.45, 7) is 4.82. The van der Waals surface area contributed by atoms with E-state index in [-0.39, 0.29) is 11.5 Å². The third kappa shape index (κ3) is 6.53. The summed E-state index contributed by atoms with van der Waals surface area (Å²) in [6.07, 6.45) is 0. The molecule has 0 aliphatic rings. The Hall–Kier alpha value is -4.01. The van der Waals surface area contributed by atoms with Gasteiger partial charge in [-0.25, -0.2) is 4.79 Å².